The molecule has 0 spiro atoms. The van der Waals surface area contributed by atoms with Crippen molar-refractivity contribution in [3.63, 3.8) is 0 Å². The van der Waals surface area contributed by atoms with Gasteiger partial charge in [0.2, 0.25) is 0 Å². The average molecular weight is 156 g/mol. The Balaban J connectivity index is 3.18. The van der Waals surface area contributed by atoms with Crippen LogP contribution in [0.2, 0.25) is 0 Å². The van der Waals surface area contributed by atoms with Crippen LogP contribution in [0.15, 0.2) is 0 Å². The summed E-state index contributed by atoms with van der Waals surface area (Å²) in [5.74, 6) is 0. The Hall–Kier alpha value is 0.170. The number of carbonyl (C=O) groups is 1. The summed E-state index contributed by atoms with van der Waals surface area (Å²) >= 11 is -2.29. The molecule has 0 aromatic carbocycles. The van der Waals surface area contributed by atoms with Crippen molar-refractivity contribution in [3.8, 4) is 0 Å². The molecule has 0 aliphatic carbocycles. The fourth-order valence-corrected chi connectivity index (χ4v) is 0.849. The maximum absolute atomic E-state index is 9.99. The first-order chi connectivity index (χ1) is 3.63. The van der Waals surface area contributed by atoms with E-state index in [0.29, 0.717) is 0 Å². The van der Waals surface area contributed by atoms with E-state index >= 15 is 0 Å². The number of carbonyl (C=O) groups excluding carboxylic acids is 1. The lowest BCUT2D eigenvalue weighted by Crippen LogP contribution is -1.86. The van der Waals surface area contributed by atoms with Crippen LogP contribution >= 0.6 is 8.81 Å². The van der Waals surface area contributed by atoms with Crippen LogP contribution in [0.1, 0.15) is 6.92 Å². The smallest absolute Gasteiger partial charge is 0.293 e. The normalized spacial score (nSPS) is 14.8. The van der Waals surface area contributed by atoms with Crippen molar-refractivity contribution in [2.75, 3.05) is 0 Å². The SMILES string of the molecule is CC(=O)POS(=O)O. The van der Waals surface area contributed by atoms with Gasteiger partial charge in [0.15, 0.2) is 5.52 Å². The Morgan fingerprint density at radius 2 is 2.38 bits per heavy atom. The van der Waals surface area contributed by atoms with Gasteiger partial charge < -0.3 is 0 Å². The van der Waals surface area contributed by atoms with E-state index in [0.717, 1.165) is 0 Å². The predicted molar refractivity (Wildman–Crippen MR) is 30.9 cm³/mol. The van der Waals surface area contributed by atoms with E-state index in [1.165, 1.54) is 6.92 Å². The summed E-state index contributed by atoms with van der Waals surface area (Å²) < 4.78 is 21.6. The highest BCUT2D eigenvalue weighted by atomic mass is 32.2. The maximum Gasteiger partial charge on any atom is 0.305 e. The Morgan fingerprint density at radius 3 is 2.50 bits per heavy atom. The van der Waals surface area contributed by atoms with Crippen LogP contribution in [0, 0.1) is 0 Å². The lowest BCUT2D eigenvalue weighted by Gasteiger charge is -1.88. The van der Waals surface area contributed by atoms with Gasteiger partial charge in [-0.3, -0.25) is 9.35 Å². The minimum atomic E-state index is -2.29. The Kier molecular flexibility index (Phi) is 4.18. The van der Waals surface area contributed by atoms with Crippen LogP contribution < -0.4 is 0 Å². The van der Waals surface area contributed by atoms with E-state index in [1.807, 2.05) is 0 Å². The van der Waals surface area contributed by atoms with Crippen LogP contribution in [-0.4, -0.2) is 14.3 Å². The van der Waals surface area contributed by atoms with Crippen LogP contribution in [0.25, 0.3) is 0 Å². The van der Waals surface area contributed by atoms with Gasteiger partial charge in [-0.05, 0) is 0 Å². The minimum Gasteiger partial charge on any atom is -0.293 e. The van der Waals surface area contributed by atoms with E-state index < -0.39 is 20.2 Å². The first-order valence-electron chi connectivity index (χ1n) is 1.67. The quantitative estimate of drug-likeness (QED) is 0.470. The molecule has 0 aromatic rings. The van der Waals surface area contributed by atoms with Crippen LogP contribution in [-0.2, 0) is 20.1 Å². The van der Waals surface area contributed by atoms with Crippen molar-refractivity contribution >= 4 is 25.7 Å². The van der Waals surface area contributed by atoms with Crippen molar-refractivity contribution in [3.05, 3.63) is 0 Å². The second-order valence-electron chi connectivity index (χ2n) is 0.959. The van der Waals surface area contributed by atoms with E-state index in [1.54, 1.807) is 0 Å². The Morgan fingerprint density at radius 1 is 1.88 bits per heavy atom. The van der Waals surface area contributed by atoms with Gasteiger partial charge in [0.05, 0.1) is 0 Å². The summed E-state index contributed by atoms with van der Waals surface area (Å²) in [5, 5.41) is 0. The van der Waals surface area contributed by atoms with Crippen LogP contribution in [0.4, 0.5) is 0 Å². The van der Waals surface area contributed by atoms with Gasteiger partial charge in [0, 0.05) is 6.92 Å². The summed E-state index contributed by atoms with van der Waals surface area (Å²) in [7, 11) is -0.520. The summed E-state index contributed by atoms with van der Waals surface area (Å²) in [6, 6.07) is 0. The molecular formula is C2H5O4PS. The van der Waals surface area contributed by atoms with Crippen molar-refractivity contribution in [2.24, 2.45) is 0 Å². The van der Waals surface area contributed by atoms with Gasteiger partial charge in [-0.2, -0.15) is 4.21 Å². The third-order valence-corrected chi connectivity index (χ3v) is 1.45. The van der Waals surface area contributed by atoms with E-state index in [9.17, 15) is 9.00 Å². The molecule has 0 amide bonds. The first-order valence-corrected chi connectivity index (χ1v) is 3.61. The maximum atomic E-state index is 9.99. The van der Waals surface area contributed by atoms with Crippen LogP contribution in [0.5, 0.6) is 0 Å². The van der Waals surface area contributed by atoms with Crippen molar-refractivity contribution in [1.29, 1.82) is 0 Å². The van der Waals surface area contributed by atoms with Gasteiger partial charge in [-0.1, -0.05) is 0 Å². The Labute approximate surface area is 51.0 Å². The molecule has 0 rings (SSSR count). The van der Waals surface area contributed by atoms with E-state index in [2.05, 4.69) is 3.97 Å². The minimum absolute atomic E-state index is 0.243. The highest BCUT2D eigenvalue weighted by Gasteiger charge is 1.95. The highest BCUT2D eigenvalue weighted by molar-refractivity contribution is 7.80. The fourth-order valence-electron chi connectivity index (χ4n) is 0.0943. The topological polar surface area (TPSA) is 63.6 Å². The Bertz CT molecular complexity index is 98.6. The molecule has 4 nitrogen and oxygen atoms in total. The van der Waals surface area contributed by atoms with E-state index in [4.69, 9.17) is 4.55 Å². The molecule has 0 aliphatic heterocycles. The third-order valence-electron chi connectivity index (χ3n) is 0.257. The average Bonchev–Trinajstić information content (AvgIpc) is 1.61. The second kappa shape index (κ2) is 4.09. The fraction of sp³-hybridized carbons (Fsp3) is 0.500. The lowest BCUT2D eigenvalue weighted by atomic mass is 10.9. The molecule has 0 aromatic heterocycles. The van der Waals surface area contributed by atoms with Gasteiger partial charge >= 0.3 is 11.4 Å². The summed E-state index contributed by atoms with van der Waals surface area (Å²) in [6.45, 7) is 1.28. The van der Waals surface area contributed by atoms with Gasteiger partial charge in [-0.25, -0.2) is 3.97 Å². The molecule has 48 valence electrons. The van der Waals surface area contributed by atoms with Gasteiger partial charge in [0.1, 0.15) is 8.81 Å². The predicted octanol–water partition coefficient (Wildman–Crippen LogP) is 0.280. The summed E-state index contributed by atoms with van der Waals surface area (Å²) in [6.07, 6.45) is 0. The second-order valence-corrected chi connectivity index (χ2v) is 2.97. The van der Waals surface area contributed by atoms with E-state index in [-0.39, 0.29) is 5.52 Å². The van der Waals surface area contributed by atoms with Crippen molar-refractivity contribution < 1.29 is 17.5 Å². The zero-order valence-corrected chi connectivity index (χ0v) is 5.90. The molecule has 1 N–H and O–H groups in total. The number of hydrogen-bond donors (Lipinski definition) is 1. The molecule has 8 heavy (non-hydrogen) atoms. The molecule has 6 heteroatoms. The standard InChI is InChI=1S/C2H5O4PS/c1-2(3)7-6-8(4)5/h7H,1H3,(H,4,5). The molecule has 0 heterocycles. The summed E-state index contributed by atoms with van der Waals surface area (Å²) in [5.41, 5.74) is -0.243. The molecule has 0 fully saturated rings. The molecule has 0 saturated heterocycles. The monoisotopic (exact) mass is 156 g/mol. The molecule has 0 radical (unpaired) electrons. The van der Waals surface area contributed by atoms with Gasteiger partial charge in [-0.15, -0.1) is 0 Å². The number of hydrogen-bond acceptors (Lipinski definition) is 3. The van der Waals surface area contributed by atoms with Crippen LogP contribution in [0.3, 0.4) is 0 Å². The van der Waals surface area contributed by atoms with Crippen molar-refractivity contribution in [1.82, 2.24) is 0 Å². The summed E-state index contributed by atoms with van der Waals surface area (Å²) in [4.78, 5) is 9.99. The number of rotatable bonds is 3. The largest absolute Gasteiger partial charge is 0.305 e. The molecule has 0 aliphatic rings. The highest BCUT2D eigenvalue weighted by Crippen LogP contribution is 2.12. The molecule has 0 bridgehead atoms. The van der Waals surface area contributed by atoms with Gasteiger partial charge in [0.25, 0.3) is 0 Å². The zero-order valence-electron chi connectivity index (χ0n) is 4.08. The molecule has 2 unspecified atom stereocenters. The molecule has 2 atom stereocenters. The van der Waals surface area contributed by atoms with Crippen molar-refractivity contribution in [2.45, 2.75) is 6.92 Å². The zero-order chi connectivity index (χ0) is 6.57. The first kappa shape index (κ1) is 8.17. The molecule has 0 saturated carbocycles. The third kappa shape index (κ3) is 6.17. The lowest BCUT2D eigenvalue weighted by molar-refractivity contribution is -0.109. The molecular weight excluding hydrogens is 151 g/mol.